The van der Waals surface area contributed by atoms with E-state index in [1.165, 1.54) is 11.1 Å². The maximum Gasteiger partial charge on any atom is 0.119 e. The van der Waals surface area contributed by atoms with Gasteiger partial charge in [0.1, 0.15) is 10.7 Å². The second-order valence-electron chi connectivity index (χ2n) is 7.95. The van der Waals surface area contributed by atoms with Crippen LogP contribution in [0.15, 0.2) is 121 Å². The highest BCUT2D eigenvalue weighted by Crippen LogP contribution is 2.27. The standard InChI is InChI=1S/C30H28N2OS/c1-22(31-29(24-14-8-4-9-15-24)25-16-10-5-11-17-25)28(23-12-6-3-7-13-23)30(34)32-26-18-20-27(33-2)21-19-26/h3-21,29,31H,1-2H3,(H,32,34)/b28-22-. The normalized spacial score (nSPS) is 11.5. The van der Waals surface area contributed by atoms with Crippen LogP contribution in [-0.2, 0) is 0 Å². The van der Waals surface area contributed by atoms with Crippen molar-refractivity contribution < 1.29 is 4.74 Å². The topological polar surface area (TPSA) is 33.3 Å². The number of hydrogen-bond acceptors (Lipinski definition) is 3. The number of nitrogens with one attached hydrogen (secondary N) is 2. The van der Waals surface area contributed by atoms with Crippen LogP contribution in [0.2, 0.25) is 0 Å². The van der Waals surface area contributed by atoms with Crippen molar-refractivity contribution in [1.82, 2.24) is 5.32 Å². The highest BCUT2D eigenvalue weighted by atomic mass is 32.1. The van der Waals surface area contributed by atoms with Crippen molar-refractivity contribution in [3.63, 3.8) is 0 Å². The molecule has 2 N–H and O–H groups in total. The maximum absolute atomic E-state index is 5.92. The fraction of sp³-hybridized carbons (Fsp3) is 0.100. The summed E-state index contributed by atoms with van der Waals surface area (Å²) >= 11 is 5.92. The molecule has 4 heteroatoms. The van der Waals surface area contributed by atoms with Gasteiger partial charge in [-0.2, -0.15) is 0 Å². The minimum absolute atomic E-state index is 0.00935. The lowest BCUT2D eigenvalue weighted by molar-refractivity contribution is 0.415. The summed E-state index contributed by atoms with van der Waals surface area (Å²) in [5, 5.41) is 7.17. The first-order valence-corrected chi connectivity index (χ1v) is 11.6. The summed E-state index contributed by atoms with van der Waals surface area (Å²) in [5.74, 6) is 0.807. The minimum atomic E-state index is -0.00935. The van der Waals surface area contributed by atoms with Gasteiger partial charge in [-0.15, -0.1) is 0 Å². The van der Waals surface area contributed by atoms with Gasteiger partial charge in [-0.25, -0.2) is 0 Å². The van der Waals surface area contributed by atoms with E-state index in [1.54, 1.807) is 7.11 Å². The zero-order valence-electron chi connectivity index (χ0n) is 19.4. The Morgan fingerprint density at radius 2 is 1.21 bits per heavy atom. The van der Waals surface area contributed by atoms with Crippen LogP contribution >= 0.6 is 12.2 Å². The second kappa shape index (κ2) is 11.3. The van der Waals surface area contributed by atoms with Gasteiger partial charge in [0, 0.05) is 17.0 Å². The minimum Gasteiger partial charge on any atom is -0.497 e. The van der Waals surface area contributed by atoms with Crippen molar-refractivity contribution in [3.8, 4) is 5.75 Å². The van der Waals surface area contributed by atoms with Crippen molar-refractivity contribution in [2.24, 2.45) is 0 Å². The molecule has 4 rings (SSSR count). The number of hydrogen-bond donors (Lipinski definition) is 2. The Morgan fingerprint density at radius 3 is 1.71 bits per heavy atom. The highest BCUT2D eigenvalue weighted by Gasteiger charge is 2.18. The number of allylic oxidation sites excluding steroid dienone is 1. The Hall–Kier alpha value is -3.89. The zero-order valence-corrected chi connectivity index (χ0v) is 20.2. The smallest absolute Gasteiger partial charge is 0.119 e. The quantitative estimate of drug-likeness (QED) is 0.213. The predicted molar refractivity (Wildman–Crippen MR) is 146 cm³/mol. The van der Waals surface area contributed by atoms with Gasteiger partial charge < -0.3 is 15.4 Å². The molecule has 34 heavy (non-hydrogen) atoms. The molecule has 0 amide bonds. The van der Waals surface area contributed by atoms with E-state index in [2.05, 4.69) is 78.2 Å². The molecular weight excluding hydrogens is 436 g/mol. The first-order valence-electron chi connectivity index (χ1n) is 11.2. The van der Waals surface area contributed by atoms with Crippen LogP contribution in [-0.4, -0.2) is 12.1 Å². The Bertz CT molecular complexity index is 1200. The summed E-state index contributed by atoms with van der Waals surface area (Å²) in [6, 6.07) is 39.0. The van der Waals surface area contributed by atoms with E-state index in [-0.39, 0.29) is 6.04 Å². The summed E-state index contributed by atoms with van der Waals surface area (Å²) < 4.78 is 5.28. The second-order valence-corrected chi connectivity index (χ2v) is 8.36. The average Bonchev–Trinajstić information content (AvgIpc) is 2.89. The van der Waals surface area contributed by atoms with Crippen LogP contribution in [0.4, 0.5) is 5.69 Å². The Balaban J connectivity index is 1.72. The van der Waals surface area contributed by atoms with E-state index < -0.39 is 0 Å². The van der Waals surface area contributed by atoms with Gasteiger partial charge in [-0.3, -0.25) is 0 Å². The zero-order chi connectivity index (χ0) is 23.8. The highest BCUT2D eigenvalue weighted by molar-refractivity contribution is 7.81. The summed E-state index contributed by atoms with van der Waals surface area (Å²) in [4.78, 5) is 0.654. The largest absolute Gasteiger partial charge is 0.497 e. The van der Waals surface area contributed by atoms with Gasteiger partial charge in [0.25, 0.3) is 0 Å². The van der Waals surface area contributed by atoms with Crippen LogP contribution in [0.1, 0.15) is 29.7 Å². The number of anilines is 1. The van der Waals surface area contributed by atoms with Crippen LogP contribution < -0.4 is 15.4 Å². The van der Waals surface area contributed by atoms with Crippen LogP contribution in [0, 0.1) is 0 Å². The van der Waals surface area contributed by atoms with Gasteiger partial charge in [0.2, 0.25) is 0 Å². The monoisotopic (exact) mass is 464 g/mol. The molecule has 4 aromatic rings. The number of benzene rings is 4. The lowest BCUT2D eigenvalue weighted by atomic mass is 9.97. The molecule has 0 saturated carbocycles. The van der Waals surface area contributed by atoms with Gasteiger partial charge in [-0.05, 0) is 47.9 Å². The molecule has 0 aromatic heterocycles. The van der Waals surface area contributed by atoms with E-state index in [0.717, 1.165) is 28.3 Å². The molecular formula is C30H28N2OS. The maximum atomic E-state index is 5.92. The van der Waals surface area contributed by atoms with Crippen molar-refractivity contribution in [2.45, 2.75) is 13.0 Å². The van der Waals surface area contributed by atoms with Gasteiger partial charge in [0.05, 0.1) is 13.2 Å². The molecule has 0 unspecified atom stereocenters. The number of methoxy groups -OCH3 is 1. The van der Waals surface area contributed by atoms with Crippen molar-refractivity contribution in [2.75, 3.05) is 12.4 Å². The lowest BCUT2D eigenvalue weighted by Gasteiger charge is -2.24. The van der Waals surface area contributed by atoms with Gasteiger partial charge in [-0.1, -0.05) is 103 Å². The summed E-state index contributed by atoms with van der Waals surface area (Å²) in [5.41, 5.74) is 6.30. The molecule has 170 valence electrons. The molecule has 0 aliphatic carbocycles. The van der Waals surface area contributed by atoms with Crippen LogP contribution in [0.25, 0.3) is 5.57 Å². The van der Waals surface area contributed by atoms with Crippen LogP contribution in [0.5, 0.6) is 5.75 Å². The molecule has 0 saturated heterocycles. The number of ether oxygens (including phenoxy) is 1. The van der Waals surface area contributed by atoms with E-state index in [4.69, 9.17) is 17.0 Å². The third-order valence-corrected chi connectivity index (χ3v) is 5.95. The molecule has 0 fully saturated rings. The molecule has 0 heterocycles. The van der Waals surface area contributed by atoms with E-state index in [9.17, 15) is 0 Å². The Kier molecular flexibility index (Phi) is 7.74. The fourth-order valence-electron chi connectivity index (χ4n) is 3.93. The first kappa shape index (κ1) is 23.3. The third kappa shape index (κ3) is 5.72. The Labute approximate surface area is 207 Å². The fourth-order valence-corrected chi connectivity index (χ4v) is 4.32. The predicted octanol–water partition coefficient (Wildman–Crippen LogP) is 7.24. The van der Waals surface area contributed by atoms with Crippen LogP contribution in [0.3, 0.4) is 0 Å². The van der Waals surface area contributed by atoms with E-state index in [1.807, 2.05) is 54.6 Å². The lowest BCUT2D eigenvalue weighted by Crippen LogP contribution is -2.24. The van der Waals surface area contributed by atoms with Crippen molar-refractivity contribution in [1.29, 1.82) is 0 Å². The molecule has 0 aliphatic rings. The molecule has 3 nitrogen and oxygen atoms in total. The third-order valence-electron chi connectivity index (χ3n) is 5.64. The Morgan fingerprint density at radius 1 is 0.706 bits per heavy atom. The summed E-state index contributed by atoms with van der Waals surface area (Å²) in [6.45, 7) is 2.09. The molecule has 4 aromatic carbocycles. The van der Waals surface area contributed by atoms with E-state index >= 15 is 0 Å². The molecule has 0 radical (unpaired) electrons. The molecule has 0 aliphatic heterocycles. The van der Waals surface area contributed by atoms with E-state index in [0.29, 0.717) is 4.99 Å². The molecule has 0 spiro atoms. The molecule has 0 atom stereocenters. The SMILES string of the molecule is COc1ccc(NC(=S)/C(=C(/C)NC(c2ccccc2)c2ccccc2)c2ccccc2)cc1. The average molecular weight is 465 g/mol. The van der Waals surface area contributed by atoms with Crippen molar-refractivity contribution in [3.05, 3.63) is 138 Å². The summed E-state index contributed by atoms with van der Waals surface area (Å²) in [6.07, 6.45) is 0. The number of thiocarbonyl (C=S) groups is 1. The number of rotatable bonds is 8. The molecule has 0 bridgehead atoms. The first-order chi connectivity index (χ1) is 16.7. The summed E-state index contributed by atoms with van der Waals surface area (Å²) in [7, 11) is 1.66. The van der Waals surface area contributed by atoms with Gasteiger partial charge in [0.15, 0.2) is 0 Å². The van der Waals surface area contributed by atoms with Crippen molar-refractivity contribution >= 4 is 28.5 Å². The van der Waals surface area contributed by atoms with Gasteiger partial charge >= 0.3 is 0 Å².